The van der Waals surface area contributed by atoms with Crippen molar-refractivity contribution >= 4 is 46.1 Å². The Morgan fingerprint density at radius 1 is 1.14 bits per heavy atom. The molecule has 0 radical (unpaired) electrons. The van der Waals surface area contributed by atoms with E-state index in [1.807, 2.05) is 12.1 Å². The Morgan fingerprint density at radius 3 is 2.76 bits per heavy atom. The van der Waals surface area contributed by atoms with Crippen LogP contribution >= 0.6 is 23.4 Å². The molecule has 2 aromatic heterocycles. The van der Waals surface area contributed by atoms with Crippen LogP contribution in [-0.4, -0.2) is 26.8 Å². The first-order chi connectivity index (χ1) is 14.1. The highest BCUT2D eigenvalue weighted by Gasteiger charge is 2.28. The molecule has 1 aliphatic rings. The van der Waals surface area contributed by atoms with Crippen molar-refractivity contribution in [1.29, 1.82) is 0 Å². The van der Waals surface area contributed by atoms with Gasteiger partial charge in [0.15, 0.2) is 11.5 Å². The Hall–Kier alpha value is -2.84. The van der Waals surface area contributed by atoms with Gasteiger partial charge in [-0.25, -0.2) is 4.98 Å². The molecule has 0 saturated heterocycles. The van der Waals surface area contributed by atoms with E-state index in [4.69, 9.17) is 20.4 Å². The Labute approximate surface area is 174 Å². The lowest BCUT2D eigenvalue weighted by atomic mass is 10.2. The molecule has 0 bridgehead atoms. The predicted molar refractivity (Wildman–Crippen MR) is 110 cm³/mol. The first-order valence-corrected chi connectivity index (χ1v) is 10.4. The topological polar surface area (TPSA) is 94.0 Å². The van der Waals surface area contributed by atoms with E-state index in [1.54, 1.807) is 30.3 Å². The van der Waals surface area contributed by atoms with Crippen LogP contribution in [0.4, 0.5) is 5.69 Å². The van der Waals surface area contributed by atoms with Gasteiger partial charge >= 0.3 is 0 Å². The van der Waals surface area contributed by atoms with Crippen LogP contribution in [0.25, 0.3) is 22.6 Å². The van der Waals surface area contributed by atoms with Gasteiger partial charge in [0.05, 0.1) is 5.75 Å². The lowest BCUT2D eigenvalue weighted by Crippen LogP contribution is -2.13. The van der Waals surface area contributed by atoms with E-state index in [-0.39, 0.29) is 11.7 Å². The van der Waals surface area contributed by atoms with Crippen LogP contribution in [0.5, 0.6) is 0 Å². The number of amides is 1. The van der Waals surface area contributed by atoms with E-state index >= 15 is 0 Å². The maximum absolute atomic E-state index is 12.3. The Morgan fingerprint density at radius 2 is 1.97 bits per heavy atom. The molecule has 1 N–H and O–H groups in total. The Balaban J connectivity index is 1.20. The molecule has 2 heterocycles. The number of nitrogens with one attached hydrogen (secondary N) is 1. The minimum atomic E-state index is -0.175. The van der Waals surface area contributed by atoms with E-state index in [1.165, 1.54) is 11.8 Å². The highest BCUT2D eigenvalue weighted by Crippen LogP contribution is 2.40. The number of carbonyl (C=O) groups excluding carboxylic acids is 1. The summed E-state index contributed by atoms with van der Waals surface area (Å²) < 4.78 is 11.3. The number of aromatic nitrogens is 3. The van der Waals surface area contributed by atoms with Crippen LogP contribution in [0.1, 0.15) is 24.7 Å². The standard InChI is InChI=1S/C20H15ClN4O3S/c21-13-5-3-12(4-6-13)19-24-25-20(28-19)29-10-17(26)22-14-7-8-16-15(9-14)23-18(27-16)11-1-2-11/h3-9,11H,1-2,10H2,(H,22,26). The first-order valence-electron chi connectivity index (χ1n) is 9.06. The molecule has 5 rings (SSSR count). The summed E-state index contributed by atoms with van der Waals surface area (Å²) in [5, 5.41) is 11.8. The molecule has 1 saturated carbocycles. The molecule has 146 valence electrons. The fourth-order valence-corrected chi connectivity index (χ4v) is 3.52. The third-order valence-corrected chi connectivity index (χ3v) is 5.51. The van der Waals surface area contributed by atoms with E-state index in [0.29, 0.717) is 27.7 Å². The zero-order chi connectivity index (χ0) is 19.8. The van der Waals surface area contributed by atoms with Gasteiger partial charge in [0.25, 0.3) is 5.22 Å². The van der Waals surface area contributed by atoms with E-state index in [2.05, 4.69) is 20.5 Å². The minimum absolute atomic E-state index is 0.145. The normalized spacial score (nSPS) is 13.7. The van der Waals surface area contributed by atoms with Crippen LogP contribution in [0, 0.1) is 0 Å². The van der Waals surface area contributed by atoms with E-state index < -0.39 is 0 Å². The van der Waals surface area contributed by atoms with Crippen LogP contribution < -0.4 is 5.32 Å². The first kappa shape index (κ1) is 18.2. The molecule has 9 heteroatoms. The molecule has 4 aromatic rings. The second kappa shape index (κ2) is 7.53. The number of hydrogen-bond acceptors (Lipinski definition) is 7. The lowest BCUT2D eigenvalue weighted by Gasteiger charge is -2.03. The number of halogens is 1. The summed E-state index contributed by atoms with van der Waals surface area (Å²) in [5.74, 6) is 1.59. The van der Waals surface area contributed by atoms with Crippen molar-refractivity contribution in [3.63, 3.8) is 0 Å². The summed E-state index contributed by atoms with van der Waals surface area (Å²) >= 11 is 7.05. The van der Waals surface area contributed by atoms with Crippen molar-refractivity contribution in [2.75, 3.05) is 11.1 Å². The number of rotatable bonds is 6. The number of fused-ring (bicyclic) bond motifs is 1. The Kier molecular flexibility index (Phi) is 4.73. The third kappa shape index (κ3) is 4.13. The van der Waals surface area contributed by atoms with Gasteiger partial charge in [0.2, 0.25) is 11.8 Å². The van der Waals surface area contributed by atoms with Crippen molar-refractivity contribution in [3.8, 4) is 11.5 Å². The maximum atomic E-state index is 12.3. The fourth-order valence-electron chi connectivity index (χ4n) is 2.83. The minimum Gasteiger partial charge on any atom is -0.440 e. The Bertz CT molecular complexity index is 1180. The largest absolute Gasteiger partial charge is 0.440 e. The van der Waals surface area contributed by atoms with Gasteiger partial charge in [-0.3, -0.25) is 4.79 Å². The molecule has 0 aliphatic heterocycles. The summed E-state index contributed by atoms with van der Waals surface area (Å²) in [6.07, 6.45) is 2.26. The number of anilines is 1. The van der Waals surface area contributed by atoms with E-state index in [9.17, 15) is 4.79 Å². The smallest absolute Gasteiger partial charge is 0.277 e. The van der Waals surface area contributed by atoms with Gasteiger partial charge in [0, 0.05) is 22.2 Å². The van der Waals surface area contributed by atoms with Crippen LogP contribution in [0.15, 0.2) is 56.5 Å². The van der Waals surface area contributed by atoms with Crippen molar-refractivity contribution in [2.45, 2.75) is 24.0 Å². The van der Waals surface area contributed by atoms with E-state index in [0.717, 1.165) is 35.4 Å². The second-order valence-electron chi connectivity index (χ2n) is 6.73. The summed E-state index contributed by atoms with van der Waals surface area (Å²) in [5.41, 5.74) is 2.93. The molecule has 0 spiro atoms. The average Bonchev–Trinajstić information content (AvgIpc) is 3.31. The fraction of sp³-hybridized carbons (Fsp3) is 0.200. The zero-order valence-corrected chi connectivity index (χ0v) is 16.7. The molecular formula is C20H15ClN4O3S. The van der Waals surface area contributed by atoms with Crippen LogP contribution in [0.2, 0.25) is 5.02 Å². The molecular weight excluding hydrogens is 412 g/mol. The summed E-state index contributed by atoms with van der Waals surface area (Å²) in [7, 11) is 0. The summed E-state index contributed by atoms with van der Waals surface area (Å²) in [4.78, 5) is 16.8. The van der Waals surface area contributed by atoms with Crippen molar-refractivity contribution in [3.05, 3.63) is 53.4 Å². The van der Waals surface area contributed by atoms with Crippen LogP contribution in [0.3, 0.4) is 0 Å². The molecule has 1 aliphatic carbocycles. The quantitative estimate of drug-likeness (QED) is 0.426. The molecule has 1 amide bonds. The van der Waals surface area contributed by atoms with Gasteiger partial charge in [0.1, 0.15) is 5.52 Å². The summed E-state index contributed by atoms with van der Waals surface area (Å²) in [6, 6.07) is 12.5. The number of nitrogens with zero attached hydrogens (tertiary/aromatic N) is 3. The van der Waals surface area contributed by atoms with Gasteiger partial charge in [-0.1, -0.05) is 23.4 Å². The number of carbonyl (C=O) groups is 1. The highest BCUT2D eigenvalue weighted by atomic mass is 35.5. The molecule has 0 atom stereocenters. The van der Waals surface area contributed by atoms with Crippen LogP contribution in [-0.2, 0) is 4.79 Å². The van der Waals surface area contributed by atoms with Crippen molar-refractivity contribution in [1.82, 2.24) is 15.2 Å². The maximum Gasteiger partial charge on any atom is 0.277 e. The monoisotopic (exact) mass is 426 g/mol. The number of benzene rings is 2. The molecule has 0 unspecified atom stereocenters. The number of oxazole rings is 1. The van der Waals surface area contributed by atoms with Gasteiger partial charge < -0.3 is 14.2 Å². The average molecular weight is 427 g/mol. The van der Waals surface area contributed by atoms with Crippen molar-refractivity contribution < 1.29 is 13.6 Å². The molecule has 2 aromatic carbocycles. The van der Waals surface area contributed by atoms with Gasteiger partial charge in [-0.05, 0) is 55.3 Å². The lowest BCUT2D eigenvalue weighted by molar-refractivity contribution is -0.113. The predicted octanol–water partition coefficient (Wildman–Crippen LogP) is 5.14. The second-order valence-corrected chi connectivity index (χ2v) is 8.09. The third-order valence-electron chi connectivity index (χ3n) is 4.44. The highest BCUT2D eigenvalue weighted by molar-refractivity contribution is 7.99. The zero-order valence-electron chi connectivity index (χ0n) is 15.1. The van der Waals surface area contributed by atoms with Crippen molar-refractivity contribution in [2.24, 2.45) is 0 Å². The molecule has 1 fully saturated rings. The molecule has 7 nitrogen and oxygen atoms in total. The molecule has 29 heavy (non-hydrogen) atoms. The summed E-state index contributed by atoms with van der Waals surface area (Å²) in [6.45, 7) is 0. The number of hydrogen-bond donors (Lipinski definition) is 1. The number of thioether (sulfide) groups is 1. The SMILES string of the molecule is O=C(CSc1nnc(-c2ccc(Cl)cc2)o1)Nc1ccc2oc(C3CC3)nc2c1. The van der Waals surface area contributed by atoms with Gasteiger partial charge in [-0.15, -0.1) is 10.2 Å². The van der Waals surface area contributed by atoms with Gasteiger partial charge in [-0.2, -0.15) is 0 Å².